The lowest BCUT2D eigenvalue weighted by molar-refractivity contribution is -0.139. The number of carbonyl (C=O) groups is 1. The van der Waals surface area contributed by atoms with Crippen LogP contribution in [0.25, 0.3) is 0 Å². The minimum absolute atomic E-state index is 0.0407. The Bertz CT molecular complexity index is 227. The number of amides is 1. The first-order valence-electron chi connectivity index (χ1n) is 6.24. The Balaban J connectivity index is 2.66. The molecule has 1 rings (SSSR count). The van der Waals surface area contributed by atoms with Crippen LogP contribution < -0.4 is 5.73 Å². The molecule has 2 unspecified atom stereocenters. The molecule has 0 radical (unpaired) electrons. The third-order valence-corrected chi connectivity index (χ3v) is 3.21. The lowest BCUT2D eigenvalue weighted by atomic mass is 9.97. The van der Waals surface area contributed by atoms with Crippen molar-refractivity contribution >= 4 is 5.91 Å². The van der Waals surface area contributed by atoms with Gasteiger partial charge < -0.3 is 15.4 Å². The van der Waals surface area contributed by atoms with Crippen LogP contribution >= 0.6 is 0 Å². The maximum Gasteiger partial charge on any atom is 0.228 e. The SMILES string of the molecule is CCC1OCCC1C(=O)N(CCN)C(C)C. The molecule has 0 aromatic rings. The highest BCUT2D eigenvalue weighted by Crippen LogP contribution is 2.25. The quantitative estimate of drug-likeness (QED) is 0.763. The monoisotopic (exact) mass is 228 g/mol. The second kappa shape index (κ2) is 6.21. The number of nitrogens with two attached hydrogens (primary N) is 1. The van der Waals surface area contributed by atoms with E-state index in [4.69, 9.17) is 10.5 Å². The van der Waals surface area contributed by atoms with Crippen molar-refractivity contribution in [2.75, 3.05) is 19.7 Å². The highest BCUT2D eigenvalue weighted by Gasteiger charge is 2.35. The third kappa shape index (κ3) is 2.95. The van der Waals surface area contributed by atoms with Crippen molar-refractivity contribution in [2.45, 2.75) is 45.8 Å². The molecule has 2 N–H and O–H groups in total. The molecule has 0 aromatic heterocycles. The first-order valence-corrected chi connectivity index (χ1v) is 6.24. The van der Waals surface area contributed by atoms with Gasteiger partial charge in [-0.2, -0.15) is 0 Å². The predicted molar refractivity (Wildman–Crippen MR) is 64.0 cm³/mol. The van der Waals surface area contributed by atoms with E-state index >= 15 is 0 Å². The van der Waals surface area contributed by atoms with Crippen LogP contribution in [0, 0.1) is 5.92 Å². The van der Waals surface area contributed by atoms with Crippen LogP contribution in [-0.2, 0) is 9.53 Å². The number of hydrogen-bond acceptors (Lipinski definition) is 3. The molecule has 1 amide bonds. The molecule has 16 heavy (non-hydrogen) atoms. The summed E-state index contributed by atoms with van der Waals surface area (Å²) in [7, 11) is 0. The summed E-state index contributed by atoms with van der Waals surface area (Å²) in [5.74, 6) is 0.253. The number of nitrogens with zero attached hydrogens (tertiary/aromatic N) is 1. The molecule has 4 nitrogen and oxygen atoms in total. The summed E-state index contributed by atoms with van der Waals surface area (Å²) in [5, 5.41) is 0. The van der Waals surface area contributed by atoms with E-state index in [1.54, 1.807) is 0 Å². The molecule has 0 spiro atoms. The molecule has 0 aliphatic carbocycles. The van der Waals surface area contributed by atoms with Crippen molar-refractivity contribution in [3.63, 3.8) is 0 Å². The standard InChI is InChI=1S/C12H24N2O2/c1-4-11-10(5-8-16-11)12(15)14(7-6-13)9(2)3/h9-11H,4-8,13H2,1-3H3. The topological polar surface area (TPSA) is 55.6 Å². The molecule has 1 aliphatic heterocycles. The highest BCUT2D eigenvalue weighted by atomic mass is 16.5. The molecular weight excluding hydrogens is 204 g/mol. The number of rotatable bonds is 5. The zero-order valence-electron chi connectivity index (χ0n) is 10.6. The van der Waals surface area contributed by atoms with Crippen LogP contribution in [0.2, 0.25) is 0 Å². The lowest BCUT2D eigenvalue weighted by Crippen LogP contribution is -2.45. The van der Waals surface area contributed by atoms with Gasteiger partial charge in [0.05, 0.1) is 12.0 Å². The molecule has 0 aromatic carbocycles. The Morgan fingerprint density at radius 1 is 1.56 bits per heavy atom. The van der Waals surface area contributed by atoms with Gasteiger partial charge in [-0.1, -0.05) is 6.92 Å². The van der Waals surface area contributed by atoms with Gasteiger partial charge in [0.25, 0.3) is 0 Å². The van der Waals surface area contributed by atoms with Crippen molar-refractivity contribution < 1.29 is 9.53 Å². The largest absolute Gasteiger partial charge is 0.377 e. The van der Waals surface area contributed by atoms with E-state index in [2.05, 4.69) is 6.92 Å². The smallest absolute Gasteiger partial charge is 0.228 e. The normalized spacial score (nSPS) is 25.1. The van der Waals surface area contributed by atoms with Gasteiger partial charge in [0.2, 0.25) is 5.91 Å². The Morgan fingerprint density at radius 3 is 2.75 bits per heavy atom. The Hall–Kier alpha value is -0.610. The molecule has 0 saturated carbocycles. The van der Waals surface area contributed by atoms with Crippen molar-refractivity contribution in [1.29, 1.82) is 0 Å². The van der Waals surface area contributed by atoms with E-state index in [9.17, 15) is 4.79 Å². The fraction of sp³-hybridized carbons (Fsp3) is 0.917. The Kier molecular flexibility index (Phi) is 5.22. The van der Waals surface area contributed by atoms with E-state index in [-0.39, 0.29) is 24.0 Å². The molecule has 1 saturated heterocycles. The van der Waals surface area contributed by atoms with E-state index in [0.29, 0.717) is 19.7 Å². The van der Waals surface area contributed by atoms with Crippen molar-refractivity contribution in [3.05, 3.63) is 0 Å². The molecule has 0 bridgehead atoms. The zero-order chi connectivity index (χ0) is 12.1. The number of hydrogen-bond donors (Lipinski definition) is 1. The van der Waals surface area contributed by atoms with Gasteiger partial charge in [-0.15, -0.1) is 0 Å². The summed E-state index contributed by atoms with van der Waals surface area (Å²) < 4.78 is 5.57. The summed E-state index contributed by atoms with van der Waals surface area (Å²) in [6.07, 6.45) is 1.86. The fourth-order valence-corrected chi connectivity index (χ4v) is 2.31. The fourth-order valence-electron chi connectivity index (χ4n) is 2.31. The Morgan fingerprint density at radius 2 is 2.25 bits per heavy atom. The Labute approximate surface area is 98.1 Å². The van der Waals surface area contributed by atoms with E-state index in [0.717, 1.165) is 12.8 Å². The van der Waals surface area contributed by atoms with E-state index in [1.165, 1.54) is 0 Å². The summed E-state index contributed by atoms with van der Waals surface area (Å²) >= 11 is 0. The molecular formula is C12H24N2O2. The molecule has 1 aliphatic rings. The van der Waals surface area contributed by atoms with Gasteiger partial charge in [0, 0.05) is 25.7 Å². The lowest BCUT2D eigenvalue weighted by Gasteiger charge is -2.30. The second-order valence-corrected chi connectivity index (χ2v) is 4.63. The average molecular weight is 228 g/mol. The summed E-state index contributed by atoms with van der Waals surface area (Å²) in [6.45, 7) is 8.01. The molecule has 1 heterocycles. The van der Waals surface area contributed by atoms with Gasteiger partial charge in [-0.3, -0.25) is 4.79 Å². The van der Waals surface area contributed by atoms with Gasteiger partial charge in [-0.25, -0.2) is 0 Å². The molecule has 2 atom stereocenters. The van der Waals surface area contributed by atoms with Crippen LogP contribution in [0.1, 0.15) is 33.6 Å². The number of ether oxygens (including phenoxy) is 1. The van der Waals surface area contributed by atoms with Gasteiger partial charge in [-0.05, 0) is 26.7 Å². The van der Waals surface area contributed by atoms with Crippen LogP contribution in [0.15, 0.2) is 0 Å². The van der Waals surface area contributed by atoms with Crippen molar-refractivity contribution in [1.82, 2.24) is 4.90 Å². The van der Waals surface area contributed by atoms with Crippen LogP contribution in [0.3, 0.4) is 0 Å². The van der Waals surface area contributed by atoms with Crippen LogP contribution in [-0.4, -0.2) is 42.6 Å². The van der Waals surface area contributed by atoms with Crippen LogP contribution in [0.5, 0.6) is 0 Å². The van der Waals surface area contributed by atoms with Gasteiger partial charge in [0.15, 0.2) is 0 Å². The first-order chi connectivity index (χ1) is 7.61. The number of carbonyl (C=O) groups excluding carboxylic acids is 1. The zero-order valence-corrected chi connectivity index (χ0v) is 10.6. The molecule has 1 fully saturated rings. The minimum Gasteiger partial charge on any atom is -0.377 e. The maximum atomic E-state index is 12.3. The van der Waals surface area contributed by atoms with E-state index in [1.807, 2.05) is 18.7 Å². The highest BCUT2D eigenvalue weighted by molar-refractivity contribution is 5.80. The maximum absolute atomic E-state index is 12.3. The summed E-state index contributed by atoms with van der Waals surface area (Å²) in [6, 6.07) is 0.217. The third-order valence-electron chi connectivity index (χ3n) is 3.21. The summed E-state index contributed by atoms with van der Waals surface area (Å²) in [4.78, 5) is 14.2. The first kappa shape index (κ1) is 13.5. The minimum atomic E-state index is 0.0407. The van der Waals surface area contributed by atoms with Crippen LogP contribution in [0.4, 0.5) is 0 Å². The molecule has 4 heteroatoms. The van der Waals surface area contributed by atoms with Crippen molar-refractivity contribution in [3.8, 4) is 0 Å². The van der Waals surface area contributed by atoms with Gasteiger partial charge in [0.1, 0.15) is 0 Å². The average Bonchev–Trinajstić information content (AvgIpc) is 2.72. The van der Waals surface area contributed by atoms with E-state index < -0.39 is 0 Å². The second-order valence-electron chi connectivity index (χ2n) is 4.63. The molecule has 94 valence electrons. The van der Waals surface area contributed by atoms with Gasteiger partial charge >= 0.3 is 0 Å². The predicted octanol–water partition coefficient (Wildman–Crippen LogP) is 0.997. The van der Waals surface area contributed by atoms with Crippen molar-refractivity contribution in [2.24, 2.45) is 11.7 Å². The summed E-state index contributed by atoms with van der Waals surface area (Å²) in [5.41, 5.74) is 5.55.